The molecule has 0 spiro atoms. The number of aromatic nitrogens is 1. The van der Waals surface area contributed by atoms with Crippen molar-refractivity contribution in [1.82, 2.24) is 4.98 Å². The minimum absolute atomic E-state index is 0.126. The van der Waals surface area contributed by atoms with Gasteiger partial charge in [-0.15, -0.1) is 10.2 Å². The molecule has 5 rings (SSSR count). The number of nitrogens with one attached hydrogen (secondary N) is 1. The van der Waals surface area contributed by atoms with Gasteiger partial charge in [-0.25, -0.2) is 0 Å². The molecule has 0 radical (unpaired) electrons. The Hall–Kier alpha value is -2.77. The second-order valence-electron chi connectivity index (χ2n) is 7.63. The highest BCUT2D eigenvalue weighted by Gasteiger charge is 2.60. The van der Waals surface area contributed by atoms with Crippen LogP contribution in [0.4, 0.5) is 5.69 Å². The molecule has 1 saturated carbocycles. The van der Waals surface area contributed by atoms with Crippen LogP contribution in [-0.2, 0) is 10.2 Å². The van der Waals surface area contributed by atoms with Crippen LogP contribution in [-0.4, -0.2) is 16.0 Å². The number of azo groups is 1. The molecule has 3 aromatic carbocycles. The molecule has 31 heavy (non-hydrogen) atoms. The molecule has 1 aliphatic carbocycles. The maximum Gasteiger partial charge on any atom is 0.269 e. The maximum absolute atomic E-state index is 13.1. The van der Waals surface area contributed by atoms with E-state index in [1.165, 1.54) is 0 Å². The normalized spacial score (nSPS) is 17.3. The van der Waals surface area contributed by atoms with Crippen LogP contribution in [0.15, 0.2) is 92.0 Å². The van der Waals surface area contributed by atoms with Crippen LogP contribution in [0.2, 0.25) is 0 Å². The Morgan fingerprint density at radius 3 is 2.23 bits per heavy atom. The first kappa shape index (κ1) is 20.2. The van der Waals surface area contributed by atoms with Gasteiger partial charge in [0.05, 0.1) is 11.4 Å². The largest absolute Gasteiger partial charge is 0.493 e. The highest BCUT2D eigenvalue weighted by atomic mass is 79.9. The second-order valence-corrected chi connectivity index (χ2v) is 9.40. The molecule has 0 saturated heterocycles. The summed E-state index contributed by atoms with van der Waals surface area (Å²) in [6.45, 7) is 0. The molecular formula is C24H17Br2N3O2. The van der Waals surface area contributed by atoms with Crippen LogP contribution in [0.1, 0.15) is 17.5 Å². The third-order valence-electron chi connectivity index (χ3n) is 5.86. The van der Waals surface area contributed by atoms with Gasteiger partial charge in [-0.3, -0.25) is 4.79 Å². The Bertz CT molecular complexity index is 1280. The molecule has 1 fully saturated rings. The van der Waals surface area contributed by atoms with Gasteiger partial charge < -0.3 is 10.1 Å². The number of hydrogen-bond acceptors (Lipinski definition) is 3. The van der Waals surface area contributed by atoms with E-state index in [4.69, 9.17) is 0 Å². The molecule has 2 N–H and O–H groups in total. The maximum atomic E-state index is 13.1. The van der Waals surface area contributed by atoms with Crippen LogP contribution in [0, 0.1) is 5.92 Å². The van der Waals surface area contributed by atoms with Crippen LogP contribution in [0.3, 0.4) is 0 Å². The number of hydrogen-bond donors (Lipinski definition) is 2. The van der Waals surface area contributed by atoms with E-state index in [0.29, 0.717) is 17.3 Å². The predicted octanol–water partition coefficient (Wildman–Crippen LogP) is 7.02. The number of carbonyl (C=O) groups is 1. The van der Waals surface area contributed by atoms with Gasteiger partial charge in [-0.1, -0.05) is 76.6 Å². The lowest BCUT2D eigenvalue weighted by Gasteiger charge is -2.17. The number of fused-ring (bicyclic) bond motifs is 1. The van der Waals surface area contributed by atoms with E-state index in [2.05, 4.69) is 71.3 Å². The zero-order chi connectivity index (χ0) is 21.6. The van der Waals surface area contributed by atoms with E-state index in [9.17, 15) is 9.90 Å². The summed E-state index contributed by atoms with van der Waals surface area (Å²) in [4.78, 5) is 16.0. The van der Waals surface area contributed by atoms with Gasteiger partial charge in [0.15, 0.2) is 5.69 Å². The Labute approximate surface area is 195 Å². The average Bonchev–Trinajstić information content (AvgIpc) is 3.46. The summed E-state index contributed by atoms with van der Waals surface area (Å²) in [7, 11) is 0. The third-order valence-corrected chi connectivity index (χ3v) is 6.95. The van der Waals surface area contributed by atoms with Crippen molar-refractivity contribution in [2.75, 3.05) is 0 Å². The summed E-state index contributed by atoms with van der Waals surface area (Å²) in [6, 6.07) is 23.8. The first-order chi connectivity index (χ1) is 15.0. The van der Waals surface area contributed by atoms with E-state index < -0.39 is 5.41 Å². The van der Waals surface area contributed by atoms with Crippen molar-refractivity contribution in [1.29, 1.82) is 0 Å². The summed E-state index contributed by atoms with van der Waals surface area (Å²) in [5, 5.41) is 19.2. The van der Waals surface area contributed by atoms with E-state index >= 15 is 0 Å². The Morgan fingerprint density at radius 1 is 1.00 bits per heavy atom. The van der Waals surface area contributed by atoms with Crippen molar-refractivity contribution in [3.63, 3.8) is 0 Å². The lowest BCUT2D eigenvalue weighted by atomic mass is 9.85. The van der Waals surface area contributed by atoms with Gasteiger partial charge in [0.1, 0.15) is 0 Å². The first-order valence-corrected chi connectivity index (χ1v) is 11.4. The van der Waals surface area contributed by atoms with E-state index in [1.54, 1.807) is 0 Å². The van der Waals surface area contributed by atoms with Gasteiger partial charge >= 0.3 is 0 Å². The molecule has 4 aromatic rings. The predicted molar refractivity (Wildman–Crippen MR) is 127 cm³/mol. The van der Waals surface area contributed by atoms with Gasteiger partial charge in [0.2, 0.25) is 5.88 Å². The molecule has 1 aromatic heterocycles. The van der Waals surface area contributed by atoms with E-state index in [0.717, 1.165) is 20.1 Å². The fourth-order valence-electron chi connectivity index (χ4n) is 4.30. The van der Waals surface area contributed by atoms with Crippen LogP contribution >= 0.6 is 31.9 Å². The van der Waals surface area contributed by atoms with Gasteiger partial charge in [-0.05, 0) is 45.6 Å². The minimum atomic E-state index is -0.396. The molecule has 7 heteroatoms. The van der Waals surface area contributed by atoms with Crippen molar-refractivity contribution in [2.45, 2.75) is 11.8 Å². The third kappa shape index (κ3) is 3.42. The number of halogens is 2. The minimum Gasteiger partial charge on any atom is -0.493 e. The van der Waals surface area contributed by atoms with Crippen LogP contribution in [0.25, 0.3) is 10.9 Å². The first-order valence-electron chi connectivity index (χ1n) is 9.77. The fourth-order valence-corrected chi connectivity index (χ4v) is 5.62. The molecule has 0 aliphatic heterocycles. The molecule has 1 heterocycles. The zero-order valence-corrected chi connectivity index (χ0v) is 19.4. The SMILES string of the molecule is O=C(N=Nc1c(O)[nH]c2c(Br)cc(Br)cc12)C1CC1(c1ccccc1)c1ccccc1. The van der Waals surface area contributed by atoms with Gasteiger partial charge in [0.25, 0.3) is 5.91 Å². The van der Waals surface area contributed by atoms with Crippen molar-refractivity contribution in [2.24, 2.45) is 16.1 Å². The summed E-state index contributed by atoms with van der Waals surface area (Å²) >= 11 is 6.91. The molecule has 5 nitrogen and oxygen atoms in total. The number of H-pyrrole nitrogens is 1. The number of rotatable bonds is 4. The Kier molecular flexibility index (Phi) is 5.02. The smallest absolute Gasteiger partial charge is 0.269 e. The number of nitrogens with zero attached hydrogens (tertiary/aromatic N) is 2. The highest BCUT2D eigenvalue weighted by molar-refractivity contribution is 9.11. The summed E-state index contributed by atoms with van der Waals surface area (Å²) in [6.07, 6.45) is 0.676. The second kappa shape index (κ2) is 7.73. The van der Waals surface area contributed by atoms with Crippen LogP contribution in [0.5, 0.6) is 5.88 Å². The number of benzene rings is 3. The lowest BCUT2D eigenvalue weighted by molar-refractivity contribution is -0.119. The monoisotopic (exact) mass is 537 g/mol. The number of aromatic amines is 1. The lowest BCUT2D eigenvalue weighted by Crippen LogP contribution is -2.16. The highest BCUT2D eigenvalue weighted by Crippen LogP contribution is 2.59. The quantitative estimate of drug-likeness (QED) is 0.274. The van der Waals surface area contributed by atoms with E-state index in [-0.39, 0.29) is 23.4 Å². The van der Waals surface area contributed by atoms with Crippen molar-refractivity contribution < 1.29 is 9.90 Å². The molecule has 1 amide bonds. The molecular weight excluding hydrogens is 522 g/mol. The van der Waals surface area contributed by atoms with Gasteiger partial charge in [0, 0.05) is 19.7 Å². The van der Waals surface area contributed by atoms with Crippen LogP contribution < -0.4 is 0 Å². The fraction of sp³-hybridized carbons (Fsp3) is 0.125. The Balaban J connectivity index is 1.50. The summed E-state index contributed by atoms with van der Waals surface area (Å²) in [5.74, 6) is -0.721. The van der Waals surface area contributed by atoms with Crippen molar-refractivity contribution in [3.05, 3.63) is 92.9 Å². The molecule has 0 bridgehead atoms. The molecule has 154 valence electrons. The average molecular weight is 539 g/mol. The van der Waals surface area contributed by atoms with E-state index in [1.807, 2.05) is 48.5 Å². The molecule has 1 aliphatic rings. The number of aromatic hydroxyl groups is 1. The zero-order valence-electron chi connectivity index (χ0n) is 16.2. The Morgan fingerprint density at radius 2 is 1.61 bits per heavy atom. The summed E-state index contributed by atoms with van der Waals surface area (Å²) in [5.41, 5.74) is 2.73. The number of carbonyl (C=O) groups excluding carboxylic acids is 1. The topological polar surface area (TPSA) is 77.8 Å². The summed E-state index contributed by atoms with van der Waals surface area (Å²) < 4.78 is 1.59. The van der Waals surface area contributed by atoms with Crippen molar-refractivity contribution >= 4 is 54.4 Å². The molecule has 1 unspecified atom stereocenters. The standard InChI is InChI=1S/C24H17Br2N3O2/c25-16-11-17-20(19(26)12-16)27-23(31)21(17)28-29-22(30)18-13-24(18,14-7-3-1-4-8-14)15-9-5-2-6-10-15/h1-12,18,27,31H,13H2. The number of amides is 1. The van der Waals surface area contributed by atoms with Gasteiger partial charge in [-0.2, -0.15) is 0 Å². The molecule has 1 atom stereocenters. The van der Waals surface area contributed by atoms with Crippen molar-refractivity contribution in [3.8, 4) is 5.88 Å².